The van der Waals surface area contributed by atoms with Crippen molar-refractivity contribution in [3.05, 3.63) is 93.8 Å². The van der Waals surface area contributed by atoms with E-state index in [2.05, 4.69) is 4.90 Å². The third-order valence-electron chi connectivity index (χ3n) is 8.33. The third-order valence-corrected chi connectivity index (χ3v) is 8.33. The smallest absolute Gasteiger partial charge is 0.419 e. The van der Waals surface area contributed by atoms with Crippen molar-refractivity contribution in [2.75, 3.05) is 13.2 Å². The highest BCUT2D eigenvalue weighted by molar-refractivity contribution is 5.92. The third kappa shape index (κ3) is 5.61. The highest BCUT2D eigenvalue weighted by Crippen LogP contribution is 2.42. The first-order valence-electron chi connectivity index (χ1n) is 14.1. The first-order valence-corrected chi connectivity index (χ1v) is 14.1. The molecule has 3 heterocycles. The molecule has 1 N–H and O–H groups in total. The van der Waals surface area contributed by atoms with E-state index in [0.29, 0.717) is 43.7 Å². The summed E-state index contributed by atoms with van der Waals surface area (Å²) < 4.78 is 55.7. The van der Waals surface area contributed by atoms with Crippen molar-refractivity contribution in [2.24, 2.45) is 0 Å². The SMILES string of the molecule is Cc1ccc(COc2cc3c(cc2C(F)(F)F)CCN(Cc2nc4ccc(C(=O)O)cc4n2C[C@@H]2CCO2)[C@H]3C)cc1. The molecule has 1 fully saturated rings. The molecule has 42 heavy (non-hydrogen) atoms. The summed E-state index contributed by atoms with van der Waals surface area (Å²) in [7, 11) is 0. The number of hydrogen-bond donors (Lipinski definition) is 1. The van der Waals surface area contributed by atoms with Gasteiger partial charge in [-0.05, 0) is 73.7 Å². The van der Waals surface area contributed by atoms with E-state index in [1.165, 1.54) is 6.07 Å². The van der Waals surface area contributed by atoms with Gasteiger partial charge in [-0.2, -0.15) is 13.2 Å². The number of hydrogen-bond acceptors (Lipinski definition) is 5. The van der Waals surface area contributed by atoms with Gasteiger partial charge in [0.05, 0.1) is 41.4 Å². The minimum Gasteiger partial charge on any atom is -0.488 e. The molecule has 0 spiro atoms. The Hall–Kier alpha value is -3.89. The number of benzene rings is 3. The van der Waals surface area contributed by atoms with Crippen LogP contribution in [0.1, 0.15) is 63.4 Å². The van der Waals surface area contributed by atoms with Crippen molar-refractivity contribution in [1.82, 2.24) is 14.5 Å². The topological polar surface area (TPSA) is 76.8 Å². The van der Waals surface area contributed by atoms with Crippen LogP contribution in [0.15, 0.2) is 54.6 Å². The number of imidazole rings is 1. The molecule has 0 radical (unpaired) electrons. The van der Waals surface area contributed by atoms with E-state index >= 15 is 0 Å². The zero-order valence-electron chi connectivity index (χ0n) is 23.4. The summed E-state index contributed by atoms with van der Waals surface area (Å²) in [5, 5.41) is 9.53. The first-order chi connectivity index (χ1) is 20.1. The number of carbonyl (C=O) groups is 1. The van der Waals surface area contributed by atoms with Gasteiger partial charge in [0.1, 0.15) is 18.2 Å². The lowest BCUT2D eigenvalue weighted by Gasteiger charge is -2.36. The highest BCUT2D eigenvalue weighted by Gasteiger charge is 2.37. The zero-order chi connectivity index (χ0) is 29.6. The van der Waals surface area contributed by atoms with Crippen LogP contribution in [-0.2, 0) is 37.0 Å². The second-order valence-corrected chi connectivity index (χ2v) is 11.1. The van der Waals surface area contributed by atoms with Gasteiger partial charge in [0.25, 0.3) is 0 Å². The molecule has 0 unspecified atom stereocenters. The molecule has 0 bridgehead atoms. The van der Waals surface area contributed by atoms with E-state index in [0.717, 1.165) is 34.5 Å². The summed E-state index contributed by atoms with van der Waals surface area (Å²) in [4.78, 5) is 18.7. The standard InChI is InChI=1S/C32H32F3N3O4/c1-19-3-5-21(6-4-19)18-42-29-15-25-20(2)37(11-9-22(25)13-26(29)32(33,34)35)17-30-36-27-8-7-23(31(39)40)14-28(27)38(30)16-24-10-12-41-24/h3-8,13-15,20,24H,9-12,16-18H2,1-2H3,(H,39,40)/t20-,24-/m0/s1. The predicted octanol–water partition coefficient (Wildman–Crippen LogP) is 6.55. The number of nitrogens with zero attached hydrogens (tertiary/aromatic N) is 3. The molecule has 2 atom stereocenters. The molecule has 2 aliphatic rings. The monoisotopic (exact) mass is 579 g/mol. The van der Waals surface area contributed by atoms with Gasteiger partial charge >= 0.3 is 12.1 Å². The Bertz CT molecular complexity index is 1630. The van der Waals surface area contributed by atoms with Gasteiger partial charge in [-0.1, -0.05) is 29.8 Å². The average molecular weight is 580 g/mol. The second-order valence-electron chi connectivity index (χ2n) is 11.1. The molecule has 7 nitrogen and oxygen atoms in total. The fraction of sp³-hybridized carbons (Fsp3) is 0.375. The van der Waals surface area contributed by atoms with Gasteiger partial charge in [-0.25, -0.2) is 9.78 Å². The van der Waals surface area contributed by atoms with Crippen LogP contribution in [0.3, 0.4) is 0 Å². The Morgan fingerprint density at radius 3 is 2.57 bits per heavy atom. The summed E-state index contributed by atoms with van der Waals surface area (Å²) in [6.07, 6.45) is -3.14. The number of aromatic carboxylic acids is 1. The molecule has 10 heteroatoms. The molecule has 0 aliphatic carbocycles. The minimum absolute atomic E-state index is 0.0307. The lowest BCUT2D eigenvalue weighted by Crippen LogP contribution is -2.36. The summed E-state index contributed by atoms with van der Waals surface area (Å²) in [5.74, 6) is -0.418. The number of rotatable bonds is 8. The van der Waals surface area contributed by atoms with Gasteiger partial charge in [0.2, 0.25) is 0 Å². The van der Waals surface area contributed by atoms with E-state index in [-0.39, 0.29) is 30.1 Å². The molecule has 1 saturated heterocycles. The van der Waals surface area contributed by atoms with Crippen LogP contribution in [0.5, 0.6) is 5.75 Å². The van der Waals surface area contributed by atoms with Crippen molar-refractivity contribution >= 4 is 17.0 Å². The summed E-state index contributed by atoms with van der Waals surface area (Å²) >= 11 is 0. The molecule has 220 valence electrons. The van der Waals surface area contributed by atoms with Crippen molar-refractivity contribution in [3.63, 3.8) is 0 Å². The number of aryl methyl sites for hydroxylation is 1. The van der Waals surface area contributed by atoms with Gasteiger partial charge in [-0.3, -0.25) is 4.90 Å². The first kappa shape index (κ1) is 28.2. The Morgan fingerprint density at radius 2 is 1.90 bits per heavy atom. The Labute approximate surface area is 241 Å². The van der Waals surface area contributed by atoms with Gasteiger partial charge < -0.3 is 19.1 Å². The van der Waals surface area contributed by atoms with Gasteiger partial charge in [0, 0.05) is 19.2 Å². The van der Waals surface area contributed by atoms with E-state index in [1.54, 1.807) is 24.3 Å². The van der Waals surface area contributed by atoms with Crippen LogP contribution >= 0.6 is 0 Å². The number of aromatic nitrogens is 2. The molecule has 0 amide bonds. The highest BCUT2D eigenvalue weighted by atomic mass is 19.4. The predicted molar refractivity (Wildman–Crippen MR) is 151 cm³/mol. The van der Waals surface area contributed by atoms with Crippen molar-refractivity contribution in [1.29, 1.82) is 0 Å². The zero-order valence-corrected chi connectivity index (χ0v) is 23.4. The van der Waals surface area contributed by atoms with Gasteiger partial charge in [-0.15, -0.1) is 0 Å². The number of carboxylic acid groups (broad SMARTS) is 1. The fourth-order valence-electron chi connectivity index (χ4n) is 5.75. The lowest BCUT2D eigenvalue weighted by atomic mass is 9.91. The maximum absolute atomic E-state index is 14.1. The number of halogens is 3. The Balaban J connectivity index is 1.30. The summed E-state index contributed by atoms with van der Waals surface area (Å²) in [6.45, 7) is 6.22. The lowest BCUT2D eigenvalue weighted by molar-refractivity contribution is -0.139. The van der Waals surface area contributed by atoms with E-state index in [1.807, 2.05) is 42.7 Å². The Morgan fingerprint density at radius 1 is 1.14 bits per heavy atom. The van der Waals surface area contributed by atoms with Crippen LogP contribution in [0.4, 0.5) is 13.2 Å². The van der Waals surface area contributed by atoms with Crippen LogP contribution in [0, 0.1) is 6.92 Å². The maximum atomic E-state index is 14.1. The van der Waals surface area contributed by atoms with Crippen molar-refractivity contribution in [3.8, 4) is 5.75 Å². The second kappa shape index (κ2) is 11.1. The average Bonchev–Trinajstić information content (AvgIpc) is 3.27. The van der Waals surface area contributed by atoms with Crippen LogP contribution in [0.25, 0.3) is 11.0 Å². The largest absolute Gasteiger partial charge is 0.488 e. The molecule has 6 rings (SSSR count). The van der Waals surface area contributed by atoms with Crippen LogP contribution < -0.4 is 4.74 Å². The Kier molecular flexibility index (Phi) is 7.44. The number of ether oxygens (including phenoxy) is 2. The maximum Gasteiger partial charge on any atom is 0.419 e. The van der Waals surface area contributed by atoms with Crippen LogP contribution in [0.2, 0.25) is 0 Å². The number of carboxylic acids is 1. The molecule has 0 saturated carbocycles. The van der Waals surface area contributed by atoms with Crippen molar-refractivity contribution < 1.29 is 32.5 Å². The summed E-state index contributed by atoms with van der Waals surface area (Å²) in [6, 6.07) is 15.0. The molecular weight excluding hydrogens is 547 g/mol. The molecular formula is C32H32F3N3O4. The quantitative estimate of drug-likeness (QED) is 0.255. The van der Waals surface area contributed by atoms with E-state index < -0.39 is 17.7 Å². The minimum atomic E-state index is -4.54. The number of fused-ring (bicyclic) bond motifs is 2. The van der Waals surface area contributed by atoms with Crippen LogP contribution in [-0.4, -0.2) is 44.8 Å². The van der Waals surface area contributed by atoms with E-state index in [9.17, 15) is 23.1 Å². The molecule has 4 aromatic rings. The molecule has 3 aromatic carbocycles. The van der Waals surface area contributed by atoms with Gasteiger partial charge in [0.15, 0.2) is 0 Å². The number of alkyl halides is 3. The summed E-state index contributed by atoms with van der Waals surface area (Å²) in [5.41, 5.74) is 4.17. The fourth-order valence-corrected chi connectivity index (χ4v) is 5.75. The van der Waals surface area contributed by atoms with Crippen molar-refractivity contribution in [2.45, 2.75) is 64.7 Å². The molecule has 1 aromatic heterocycles. The molecule has 2 aliphatic heterocycles. The van der Waals surface area contributed by atoms with E-state index in [4.69, 9.17) is 14.5 Å². The normalized spacial score (nSPS) is 19.0.